The first-order chi connectivity index (χ1) is 15.5. The molecule has 7 heteroatoms. The van der Waals surface area contributed by atoms with Gasteiger partial charge >= 0.3 is 0 Å². The lowest BCUT2D eigenvalue weighted by Gasteiger charge is -2.20. The number of hydrogen-bond acceptors (Lipinski definition) is 3. The molecule has 4 aromatic rings. The van der Waals surface area contributed by atoms with Gasteiger partial charge in [0.05, 0.1) is 29.7 Å². The van der Waals surface area contributed by atoms with Crippen LogP contribution in [-0.4, -0.2) is 34.2 Å². The van der Waals surface area contributed by atoms with Crippen molar-refractivity contribution >= 4 is 16.8 Å². The van der Waals surface area contributed by atoms with Crippen LogP contribution in [0.25, 0.3) is 22.0 Å². The number of nitrogens with one attached hydrogen (secondary N) is 1. The van der Waals surface area contributed by atoms with E-state index in [0.717, 1.165) is 30.0 Å². The minimum absolute atomic E-state index is 0.0388. The zero-order valence-electron chi connectivity index (χ0n) is 17.4. The lowest BCUT2D eigenvalue weighted by molar-refractivity contribution is 0.0784. The molecule has 0 aliphatic heterocycles. The zero-order chi connectivity index (χ0) is 22.2. The molecule has 1 heterocycles. The first kappa shape index (κ1) is 20.2. The predicted octanol–water partition coefficient (Wildman–Crippen LogP) is 5.32. The average molecular weight is 433 g/mol. The summed E-state index contributed by atoms with van der Waals surface area (Å²) in [5.41, 5.74) is 2.79. The van der Waals surface area contributed by atoms with Crippen molar-refractivity contribution in [3.05, 3.63) is 83.6 Å². The van der Waals surface area contributed by atoms with Gasteiger partial charge in [0.15, 0.2) is 0 Å². The molecule has 32 heavy (non-hydrogen) atoms. The third kappa shape index (κ3) is 3.82. The highest BCUT2D eigenvalue weighted by atomic mass is 19.1. The Hall–Kier alpha value is -3.74. The molecule has 1 aromatic heterocycles. The Kier molecular flexibility index (Phi) is 5.09. The van der Waals surface area contributed by atoms with Gasteiger partial charge < -0.3 is 9.64 Å². The van der Waals surface area contributed by atoms with E-state index in [1.807, 2.05) is 36.4 Å². The van der Waals surface area contributed by atoms with Gasteiger partial charge in [0.2, 0.25) is 0 Å². The van der Waals surface area contributed by atoms with Crippen LogP contribution in [-0.2, 0) is 6.54 Å². The molecule has 1 aliphatic carbocycles. The Morgan fingerprint density at radius 3 is 2.66 bits per heavy atom. The Labute approximate surface area is 183 Å². The van der Waals surface area contributed by atoms with Gasteiger partial charge in [-0.3, -0.25) is 9.89 Å². The summed E-state index contributed by atoms with van der Waals surface area (Å²) < 4.78 is 34.5. The number of fused-ring (bicyclic) bond motifs is 1. The average Bonchev–Trinajstić information content (AvgIpc) is 3.47. The number of nitrogens with zero attached hydrogens (tertiary/aromatic N) is 2. The molecule has 5 nitrogen and oxygen atoms in total. The van der Waals surface area contributed by atoms with E-state index in [0.29, 0.717) is 11.3 Å². The molecule has 0 saturated heterocycles. The van der Waals surface area contributed by atoms with Crippen molar-refractivity contribution in [2.45, 2.75) is 25.5 Å². The number of ether oxygens (including phenoxy) is 1. The molecule has 3 aromatic carbocycles. The largest absolute Gasteiger partial charge is 0.490 e. The summed E-state index contributed by atoms with van der Waals surface area (Å²) in [6, 6.07) is 16.0. The monoisotopic (exact) mass is 433 g/mol. The molecule has 0 atom stereocenters. The predicted molar refractivity (Wildman–Crippen MR) is 117 cm³/mol. The maximum absolute atomic E-state index is 14.5. The normalized spacial score (nSPS) is 13.3. The van der Waals surface area contributed by atoms with Crippen molar-refractivity contribution in [3.63, 3.8) is 0 Å². The van der Waals surface area contributed by atoms with Gasteiger partial charge in [-0.1, -0.05) is 30.3 Å². The number of aromatic nitrogens is 2. The second-order valence-electron chi connectivity index (χ2n) is 8.03. The summed E-state index contributed by atoms with van der Waals surface area (Å²) in [5.74, 6) is -1.05. The Bertz CT molecular complexity index is 1300. The SMILES string of the molecule is CN(Cc1c(F)cc(F)c2cn[nH]c12)C(=O)c1ccc(-c2ccccc2)c(OC2CC2)c1. The number of rotatable bonds is 6. The fourth-order valence-electron chi connectivity index (χ4n) is 3.75. The first-order valence-corrected chi connectivity index (χ1v) is 10.4. The lowest BCUT2D eigenvalue weighted by atomic mass is 10.0. The van der Waals surface area contributed by atoms with Crippen LogP contribution in [0.5, 0.6) is 5.75 Å². The van der Waals surface area contributed by atoms with Crippen LogP contribution in [0.15, 0.2) is 60.8 Å². The van der Waals surface area contributed by atoms with Crippen LogP contribution in [0.4, 0.5) is 8.78 Å². The van der Waals surface area contributed by atoms with Gasteiger partial charge in [0.25, 0.3) is 5.91 Å². The zero-order valence-corrected chi connectivity index (χ0v) is 17.4. The first-order valence-electron chi connectivity index (χ1n) is 10.4. The Morgan fingerprint density at radius 2 is 1.91 bits per heavy atom. The molecular formula is C25H21F2N3O2. The highest BCUT2D eigenvalue weighted by Gasteiger charge is 2.26. The highest BCUT2D eigenvalue weighted by molar-refractivity contribution is 5.96. The van der Waals surface area contributed by atoms with E-state index in [4.69, 9.17) is 4.74 Å². The molecule has 0 unspecified atom stereocenters. The minimum atomic E-state index is -0.726. The number of hydrogen-bond donors (Lipinski definition) is 1. The summed E-state index contributed by atoms with van der Waals surface area (Å²) in [6.45, 7) is -0.0388. The van der Waals surface area contributed by atoms with E-state index in [2.05, 4.69) is 10.2 Å². The van der Waals surface area contributed by atoms with Gasteiger partial charge in [0.1, 0.15) is 17.4 Å². The second-order valence-corrected chi connectivity index (χ2v) is 8.03. The standard InChI is InChI=1S/C25H21F2N3O2/c1-30(14-20-22(27)12-21(26)19-13-28-29-24(19)20)25(31)16-7-10-18(15-5-3-2-4-6-15)23(11-16)32-17-8-9-17/h2-7,10-13,17H,8-9,14H2,1H3,(H,28,29). The summed E-state index contributed by atoms with van der Waals surface area (Å²) >= 11 is 0. The molecular weight excluding hydrogens is 412 g/mol. The lowest BCUT2D eigenvalue weighted by Crippen LogP contribution is -2.27. The van der Waals surface area contributed by atoms with E-state index < -0.39 is 11.6 Å². The van der Waals surface area contributed by atoms with Crippen molar-refractivity contribution < 1.29 is 18.3 Å². The van der Waals surface area contributed by atoms with Crippen molar-refractivity contribution in [1.82, 2.24) is 15.1 Å². The van der Waals surface area contributed by atoms with Gasteiger partial charge in [-0.25, -0.2) is 8.78 Å². The van der Waals surface area contributed by atoms with Gasteiger partial charge in [0, 0.05) is 29.8 Å². The molecule has 0 radical (unpaired) electrons. The maximum atomic E-state index is 14.5. The number of benzene rings is 3. The number of halogens is 2. The molecule has 0 spiro atoms. The van der Waals surface area contributed by atoms with Crippen molar-refractivity contribution in [1.29, 1.82) is 0 Å². The van der Waals surface area contributed by atoms with Crippen LogP contribution in [0.3, 0.4) is 0 Å². The van der Waals surface area contributed by atoms with E-state index in [-0.39, 0.29) is 35.0 Å². The second kappa shape index (κ2) is 8.07. The number of amides is 1. The minimum Gasteiger partial charge on any atom is -0.490 e. The highest BCUT2D eigenvalue weighted by Crippen LogP contribution is 2.36. The van der Waals surface area contributed by atoms with Crippen molar-refractivity contribution in [3.8, 4) is 16.9 Å². The van der Waals surface area contributed by atoms with E-state index in [9.17, 15) is 13.6 Å². The van der Waals surface area contributed by atoms with Crippen LogP contribution in [0.1, 0.15) is 28.8 Å². The molecule has 162 valence electrons. The molecule has 1 aliphatic rings. The fourth-order valence-corrected chi connectivity index (χ4v) is 3.75. The quantitative estimate of drug-likeness (QED) is 0.448. The molecule has 1 fully saturated rings. The summed E-state index contributed by atoms with van der Waals surface area (Å²) in [6.07, 6.45) is 3.47. The number of H-pyrrole nitrogens is 1. The third-order valence-electron chi connectivity index (χ3n) is 5.61. The fraction of sp³-hybridized carbons (Fsp3) is 0.200. The van der Waals surface area contributed by atoms with E-state index >= 15 is 0 Å². The smallest absolute Gasteiger partial charge is 0.254 e. The van der Waals surface area contributed by atoms with Crippen molar-refractivity contribution in [2.24, 2.45) is 0 Å². The van der Waals surface area contributed by atoms with Gasteiger partial charge in [-0.15, -0.1) is 0 Å². The number of carbonyl (C=O) groups is 1. The van der Waals surface area contributed by atoms with Gasteiger partial charge in [-0.2, -0.15) is 5.10 Å². The molecule has 1 saturated carbocycles. The summed E-state index contributed by atoms with van der Waals surface area (Å²) in [4.78, 5) is 14.5. The molecule has 5 rings (SSSR count). The molecule has 0 bridgehead atoms. The third-order valence-corrected chi connectivity index (χ3v) is 5.61. The van der Waals surface area contributed by atoms with Crippen LogP contribution in [0.2, 0.25) is 0 Å². The maximum Gasteiger partial charge on any atom is 0.254 e. The van der Waals surface area contributed by atoms with E-state index in [1.54, 1.807) is 19.2 Å². The van der Waals surface area contributed by atoms with Crippen LogP contribution >= 0.6 is 0 Å². The van der Waals surface area contributed by atoms with Crippen LogP contribution < -0.4 is 4.74 Å². The summed E-state index contributed by atoms with van der Waals surface area (Å²) in [5, 5.41) is 6.62. The Morgan fingerprint density at radius 1 is 1.12 bits per heavy atom. The number of carbonyl (C=O) groups excluding carboxylic acids is 1. The molecule has 1 N–H and O–H groups in total. The van der Waals surface area contributed by atoms with Gasteiger partial charge in [-0.05, 0) is 36.6 Å². The Balaban J connectivity index is 1.44. The van der Waals surface area contributed by atoms with E-state index in [1.165, 1.54) is 11.1 Å². The summed E-state index contributed by atoms with van der Waals surface area (Å²) in [7, 11) is 1.58. The topological polar surface area (TPSA) is 58.2 Å². The van der Waals surface area contributed by atoms with Crippen LogP contribution in [0, 0.1) is 11.6 Å². The number of aromatic amines is 1. The molecule has 1 amide bonds. The van der Waals surface area contributed by atoms with Crippen molar-refractivity contribution in [2.75, 3.05) is 7.05 Å².